The van der Waals surface area contributed by atoms with E-state index in [2.05, 4.69) is 21.2 Å². The Kier molecular flexibility index (Phi) is 3.87. The zero-order chi connectivity index (χ0) is 14.2. The first-order valence-corrected chi connectivity index (χ1v) is 7.06. The van der Waals surface area contributed by atoms with Crippen LogP contribution in [0.2, 0.25) is 5.02 Å². The maximum atomic E-state index is 12.6. The van der Waals surface area contributed by atoms with Gasteiger partial charge < -0.3 is 10.2 Å². The quantitative estimate of drug-likeness (QED) is 0.850. The van der Waals surface area contributed by atoms with Crippen molar-refractivity contribution >= 4 is 39.3 Å². The van der Waals surface area contributed by atoms with E-state index in [0.29, 0.717) is 23.7 Å². The van der Waals surface area contributed by atoms with Crippen molar-refractivity contribution in [1.82, 2.24) is 10.2 Å². The molecule has 102 valence electrons. The van der Waals surface area contributed by atoms with E-state index in [0.717, 1.165) is 4.47 Å². The van der Waals surface area contributed by atoms with Gasteiger partial charge in [-0.3, -0.25) is 9.59 Å². The molecule has 0 spiro atoms. The number of halogens is 2. The van der Waals surface area contributed by atoms with Crippen molar-refractivity contribution in [2.45, 2.75) is 19.4 Å². The van der Waals surface area contributed by atoms with Crippen LogP contribution in [-0.2, 0) is 4.79 Å². The van der Waals surface area contributed by atoms with E-state index in [4.69, 9.17) is 11.6 Å². The summed E-state index contributed by atoms with van der Waals surface area (Å²) in [4.78, 5) is 26.0. The molecule has 1 fully saturated rings. The Morgan fingerprint density at radius 2 is 2.16 bits per heavy atom. The summed E-state index contributed by atoms with van der Waals surface area (Å²) in [5.74, 6) is -0.385. The Morgan fingerprint density at radius 1 is 1.47 bits per heavy atom. The molecule has 1 saturated heterocycles. The SMILES string of the molecule is CC1(C)C(=O)NCCN1C(=O)c1cc(Br)ccc1Cl. The zero-order valence-electron chi connectivity index (χ0n) is 10.7. The fraction of sp³-hybridized carbons (Fsp3) is 0.385. The Labute approximate surface area is 125 Å². The van der Waals surface area contributed by atoms with E-state index in [1.54, 1.807) is 36.9 Å². The lowest BCUT2D eigenvalue weighted by molar-refractivity contribution is -0.133. The van der Waals surface area contributed by atoms with Crippen LogP contribution in [0.3, 0.4) is 0 Å². The standard InChI is InChI=1S/C13H14BrClN2O2/c1-13(2)12(19)16-5-6-17(13)11(18)9-7-8(14)3-4-10(9)15/h3-4,7H,5-6H2,1-2H3,(H,16,19). The molecule has 1 aromatic carbocycles. The van der Waals surface area contributed by atoms with Crippen LogP contribution in [0.1, 0.15) is 24.2 Å². The molecule has 2 rings (SSSR count). The van der Waals surface area contributed by atoms with Gasteiger partial charge in [-0.15, -0.1) is 0 Å². The van der Waals surface area contributed by atoms with Gasteiger partial charge in [0.1, 0.15) is 5.54 Å². The van der Waals surface area contributed by atoms with Gasteiger partial charge in [-0.1, -0.05) is 27.5 Å². The molecule has 0 aliphatic carbocycles. The molecule has 6 heteroatoms. The molecule has 1 N–H and O–H groups in total. The summed E-state index contributed by atoms with van der Waals surface area (Å²) >= 11 is 9.39. The summed E-state index contributed by atoms with van der Waals surface area (Å²) in [5, 5.41) is 3.14. The summed E-state index contributed by atoms with van der Waals surface area (Å²) in [6.07, 6.45) is 0. The number of nitrogens with zero attached hydrogens (tertiary/aromatic N) is 1. The molecule has 1 aliphatic rings. The first-order valence-electron chi connectivity index (χ1n) is 5.89. The normalized spacial score (nSPS) is 18.1. The molecule has 0 bridgehead atoms. The average molecular weight is 346 g/mol. The van der Waals surface area contributed by atoms with Gasteiger partial charge in [0.25, 0.3) is 5.91 Å². The average Bonchev–Trinajstić information content (AvgIpc) is 2.35. The maximum Gasteiger partial charge on any atom is 0.256 e. The first kappa shape index (κ1) is 14.3. The van der Waals surface area contributed by atoms with Gasteiger partial charge in [-0.2, -0.15) is 0 Å². The lowest BCUT2D eigenvalue weighted by Gasteiger charge is -2.41. The third-order valence-electron chi connectivity index (χ3n) is 3.26. The lowest BCUT2D eigenvalue weighted by Crippen LogP contribution is -2.63. The molecule has 0 saturated carbocycles. The molecular formula is C13H14BrClN2O2. The molecule has 1 heterocycles. The molecule has 1 aliphatic heterocycles. The number of amides is 2. The summed E-state index contributed by atoms with van der Waals surface area (Å²) in [7, 11) is 0. The third-order valence-corrected chi connectivity index (χ3v) is 4.08. The molecule has 1 aromatic rings. The van der Waals surface area contributed by atoms with Gasteiger partial charge in [0.2, 0.25) is 5.91 Å². The highest BCUT2D eigenvalue weighted by Crippen LogP contribution is 2.26. The van der Waals surface area contributed by atoms with E-state index in [1.807, 2.05) is 0 Å². The largest absolute Gasteiger partial charge is 0.352 e. The van der Waals surface area contributed by atoms with Crippen LogP contribution in [0, 0.1) is 0 Å². The fourth-order valence-electron chi connectivity index (χ4n) is 2.06. The predicted octanol–water partition coefficient (Wildman–Crippen LogP) is 2.45. The van der Waals surface area contributed by atoms with Gasteiger partial charge in [0.15, 0.2) is 0 Å². The zero-order valence-corrected chi connectivity index (χ0v) is 13.0. The molecule has 19 heavy (non-hydrogen) atoms. The second kappa shape index (κ2) is 5.13. The number of piperazine rings is 1. The summed E-state index contributed by atoms with van der Waals surface area (Å²) in [5.41, 5.74) is -0.472. The number of benzene rings is 1. The molecule has 4 nitrogen and oxygen atoms in total. The molecular weight excluding hydrogens is 332 g/mol. The van der Waals surface area contributed by atoms with Crippen molar-refractivity contribution in [2.24, 2.45) is 0 Å². The number of rotatable bonds is 1. The Bertz CT molecular complexity index is 545. The number of nitrogens with one attached hydrogen (secondary N) is 1. The van der Waals surface area contributed by atoms with Crippen LogP contribution in [0.25, 0.3) is 0 Å². The van der Waals surface area contributed by atoms with Crippen molar-refractivity contribution in [3.8, 4) is 0 Å². The number of carbonyl (C=O) groups is 2. The molecule has 2 amide bonds. The van der Waals surface area contributed by atoms with E-state index in [1.165, 1.54) is 0 Å². The number of hydrogen-bond acceptors (Lipinski definition) is 2. The fourth-order valence-corrected chi connectivity index (χ4v) is 2.62. The Hall–Kier alpha value is -1.07. The van der Waals surface area contributed by atoms with Crippen molar-refractivity contribution in [3.05, 3.63) is 33.3 Å². The van der Waals surface area contributed by atoms with Gasteiger partial charge in [0, 0.05) is 17.6 Å². The number of carbonyl (C=O) groups excluding carboxylic acids is 2. The van der Waals surface area contributed by atoms with Crippen LogP contribution < -0.4 is 5.32 Å². The second-order valence-corrected chi connectivity index (χ2v) is 6.22. The minimum Gasteiger partial charge on any atom is -0.352 e. The van der Waals surface area contributed by atoms with Crippen molar-refractivity contribution < 1.29 is 9.59 Å². The molecule has 0 aromatic heterocycles. The number of hydrogen-bond donors (Lipinski definition) is 1. The van der Waals surface area contributed by atoms with Crippen molar-refractivity contribution in [3.63, 3.8) is 0 Å². The van der Waals surface area contributed by atoms with Crippen LogP contribution in [0.5, 0.6) is 0 Å². The van der Waals surface area contributed by atoms with E-state index in [-0.39, 0.29) is 11.8 Å². The summed E-state index contributed by atoms with van der Waals surface area (Å²) in [6, 6.07) is 5.11. The van der Waals surface area contributed by atoms with Crippen molar-refractivity contribution in [2.75, 3.05) is 13.1 Å². The predicted molar refractivity (Wildman–Crippen MR) is 77.3 cm³/mol. The molecule has 0 radical (unpaired) electrons. The third kappa shape index (κ3) is 2.62. The van der Waals surface area contributed by atoms with Crippen LogP contribution >= 0.6 is 27.5 Å². The lowest BCUT2D eigenvalue weighted by atomic mass is 9.97. The molecule has 0 unspecified atom stereocenters. The smallest absolute Gasteiger partial charge is 0.256 e. The van der Waals surface area contributed by atoms with Crippen LogP contribution in [-0.4, -0.2) is 35.3 Å². The Morgan fingerprint density at radius 3 is 2.84 bits per heavy atom. The summed E-state index contributed by atoms with van der Waals surface area (Å²) < 4.78 is 0.777. The van der Waals surface area contributed by atoms with Crippen LogP contribution in [0.4, 0.5) is 0 Å². The topological polar surface area (TPSA) is 49.4 Å². The van der Waals surface area contributed by atoms with Gasteiger partial charge in [-0.05, 0) is 32.0 Å². The highest BCUT2D eigenvalue weighted by Gasteiger charge is 2.41. The van der Waals surface area contributed by atoms with Gasteiger partial charge in [0.05, 0.1) is 10.6 Å². The maximum absolute atomic E-state index is 12.6. The van der Waals surface area contributed by atoms with Crippen LogP contribution in [0.15, 0.2) is 22.7 Å². The Balaban J connectivity index is 2.38. The highest BCUT2D eigenvalue weighted by atomic mass is 79.9. The second-order valence-electron chi connectivity index (χ2n) is 4.90. The minimum absolute atomic E-state index is 0.154. The highest BCUT2D eigenvalue weighted by molar-refractivity contribution is 9.10. The van der Waals surface area contributed by atoms with Gasteiger partial charge in [-0.25, -0.2) is 0 Å². The summed E-state index contributed by atoms with van der Waals surface area (Å²) in [6.45, 7) is 4.39. The van der Waals surface area contributed by atoms with E-state index < -0.39 is 5.54 Å². The van der Waals surface area contributed by atoms with Crippen molar-refractivity contribution in [1.29, 1.82) is 0 Å². The van der Waals surface area contributed by atoms with Gasteiger partial charge >= 0.3 is 0 Å². The molecule has 0 atom stereocenters. The van der Waals surface area contributed by atoms with E-state index in [9.17, 15) is 9.59 Å². The first-order chi connectivity index (χ1) is 8.84. The van der Waals surface area contributed by atoms with E-state index >= 15 is 0 Å². The minimum atomic E-state index is -0.874. The monoisotopic (exact) mass is 344 g/mol.